The van der Waals surface area contributed by atoms with Gasteiger partial charge in [-0.3, -0.25) is 9.59 Å². The van der Waals surface area contributed by atoms with Gasteiger partial charge in [0.1, 0.15) is 0 Å². The maximum atomic E-state index is 12.4. The Morgan fingerprint density at radius 1 is 0.857 bits per heavy atom. The summed E-state index contributed by atoms with van der Waals surface area (Å²) in [6.45, 7) is 23.1. The molecule has 0 aromatic rings. The van der Waals surface area contributed by atoms with Gasteiger partial charge in [0.05, 0.1) is 11.2 Å². The smallest absolute Gasteiger partial charge is 0.222 e. The summed E-state index contributed by atoms with van der Waals surface area (Å²) < 4.78 is 12.0. The SMILES string of the molecule is C=CCC(C)CCCOC(C)(C)CCNC(=O)[C@@H](C)CCC(=O)NCCC(C)(C)OCCC(C)C. The first-order valence-electron chi connectivity index (χ1n) is 13.7. The van der Waals surface area contributed by atoms with Crippen LogP contribution >= 0.6 is 0 Å². The summed E-state index contributed by atoms with van der Waals surface area (Å²) in [7, 11) is 0. The van der Waals surface area contributed by atoms with E-state index in [0.717, 1.165) is 51.7 Å². The number of carbonyl (C=O) groups excluding carboxylic acids is 2. The minimum Gasteiger partial charge on any atom is -0.376 e. The molecule has 0 rings (SSSR count). The van der Waals surface area contributed by atoms with Gasteiger partial charge in [-0.15, -0.1) is 6.58 Å². The average Bonchev–Trinajstić information content (AvgIpc) is 2.74. The van der Waals surface area contributed by atoms with Crippen LogP contribution in [-0.4, -0.2) is 49.3 Å². The number of allylic oxidation sites excluding steroid dienone is 1. The molecule has 35 heavy (non-hydrogen) atoms. The van der Waals surface area contributed by atoms with Crippen molar-refractivity contribution in [2.45, 2.75) is 118 Å². The molecule has 206 valence electrons. The fraction of sp³-hybridized carbons (Fsp3) is 0.862. The molecular weight excluding hydrogens is 440 g/mol. The molecule has 0 saturated heterocycles. The molecule has 6 nitrogen and oxygen atoms in total. The lowest BCUT2D eigenvalue weighted by atomic mass is 10.0. The highest BCUT2D eigenvalue weighted by Crippen LogP contribution is 2.17. The van der Waals surface area contributed by atoms with Gasteiger partial charge >= 0.3 is 0 Å². The van der Waals surface area contributed by atoms with Gasteiger partial charge in [-0.1, -0.05) is 33.8 Å². The Morgan fingerprint density at radius 3 is 2.00 bits per heavy atom. The van der Waals surface area contributed by atoms with Crippen LogP contribution in [0, 0.1) is 17.8 Å². The highest BCUT2D eigenvalue weighted by Gasteiger charge is 2.21. The van der Waals surface area contributed by atoms with E-state index in [1.54, 1.807) is 0 Å². The van der Waals surface area contributed by atoms with Crippen molar-refractivity contribution in [1.29, 1.82) is 0 Å². The Balaban J connectivity index is 4.02. The Kier molecular flexibility index (Phi) is 17.2. The van der Waals surface area contributed by atoms with Gasteiger partial charge in [0.15, 0.2) is 0 Å². The number of carbonyl (C=O) groups is 2. The van der Waals surface area contributed by atoms with Crippen LogP contribution in [0.2, 0.25) is 0 Å². The van der Waals surface area contributed by atoms with Gasteiger partial charge in [0, 0.05) is 38.6 Å². The molecule has 0 aromatic heterocycles. The summed E-state index contributed by atoms with van der Waals surface area (Å²) >= 11 is 0. The topological polar surface area (TPSA) is 76.7 Å². The lowest BCUT2D eigenvalue weighted by Gasteiger charge is -2.26. The van der Waals surface area contributed by atoms with E-state index in [2.05, 4.69) is 65.7 Å². The van der Waals surface area contributed by atoms with Crippen molar-refractivity contribution in [3.63, 3.8) is 0 Å². The fourth-order valence-electron chi connectivity index (χ4n) is 3.63. The molecule has 2 N–H and O–H groups in total. The van der Waals surface area contributed by atoms with Crippen LogP contribution < -0.4 is 10.6 Å². The standard InChI is InChI=1S/C29H56N2O4/c1-10-12-24(4)13-11-21-34-28(6,7)18-20-31-27(33)25(5)14-15-26(32)30-19-17-29(8,9)35-22-16-23(2)3/h10,23-25H,1,11-22H2,2-9H3,(H,30,32)(H,31,33)/t24?,25-/m0/s1. The van der Waals surface area contributed by atoms with Gasteiger partial charge in [0.2, 0.25) is 11.8 Å². The van der Waals surface area contributed by atoms with Crippen LogP contribution in [0.15, 0.2) is 12.7 Å². The van der Waals surface area contributed by atoms with E-state index < -0.39 is 0 Å². The van der Waals surface area contributed by atoms with Gasteiger partial charge in [-0.05, 0) is 84.5 Å². The van der Waals surface area contributed by atoms with Crippen molar-refractivity contribution in [2.75, 3.05) is 26.3 Å². The molecule has 0 aromatic carbocycles. The van der Waals surface area contributed by atoms with E-state index >= 15 is 0 Å². The third-order valence-corrected chi connectivity index (χ3v) is 6.42. The van der Waals surface area contributed by atoms with E-state index in [0.29, 0.717) is 37.8 Å². The Morgan fingerprint density at radius 2 is 1.43 bits per heavy atom. The normalized spacial score (nSPS) is 14.0. The summed E-state index contributed by atoms with van der Waals surface area (Å²) in [5.74, 6) is 1.04. The molecule has 0 aliphatic carbocycles. The monoisotopic (exact) mass is 496 g/mol. The van der Waals surface area contributed by atoms with Crippen LogP contribution in [0.1, 0.15) is 107 Å². The van der Waals surface area contributed by atoms with E-state index in [4.69, 9.17) is 9.47 Å². The largest absolute Gasteiger partial charge is 0.376 e. The molecule has 0 aliphatic heterocycles. The maximum absolute atomic E-state index is 12.4. The quantitative estimate of drug-likeness (QED) is 0.150. The van der Waals surface area contributed by atoms with Crippen molar-refractivity contribution in [2.24, 2.45) is 17.8 Å². The first kappa shape index (κ1) is 33.6. The van der Waals surface area contributed by atoms with E-state index in [9.17, 15) is 9.59 Å². The van der Waals surface area contributed by atoms with Crippen LogP contribution in [0.3, 0.4) is 0 Å². The Hall–Kier alpha value is -1.40. The van der Waals surface area contributed by atoms with Gasteiger partial charge in [0.25, 0.3) is 0 Å². The molecule has 0 saturated carbocycles. The van der Waals surface area contributed by atoms with Crippen molar-refractivity contribution < 1.29 is 19.1 Å². The van der Waals surface area contributed by atoms with Crippen LogP contribution in [-0.2, 0) is 19.1 Å². The molecule has 0 aliphatic rings. The molecule has 1 unspecified atom stereocenters. The zero-order chi connectivity index (χ0) is 26.9. The number of ether oxygens (including phenoxy) is 2. The second-order valence-electron chi connectivity index (χ2n) is 11.8. The summed E-state index contributed by atoms with van der Waals surface area (Å²) in [5.41, 5.74) is -0.527. The van der Waals surface area contributed by atoms with E-state index in [1.165, 1.54) is 0 Å². The maximum Gasteiger partial charge on any atom is 0.222 e. The number of amides is 2. The average molecular weight is 497 g/mol. The molecule has 0 heterocycles. The molecular formula is C29H56N2O4. The van der Waals surface area contributed by atoms with Crippen LogP contribution in [0.5, 0.6) is 0 Å². The minimum atomic E-state index is -0.273. The van der Waals surface area contributed by atoms with Crippen molar-refractivity contribution in [3.8, 4) is 0 Å². The molecule has 0 radical (unpaired) electrons. The summed E-state index contributed by atoms with van der Waals surface area (Å²) in [6, 6.07) is 0. The number of rotatable bonds is 21. The predicted octanol–water partition coefficient (Wildman–Crippen LogP) is 6.04. The minimum absolute atomic E-state index is 0.00784. The van der Waals surface area contributed by atoms with Gasteiger partial charge < -0.3 is 20.1 Å². The van der Waals surface area contributed by atoms with Crippen molar-refractivity contribution in [3.05, 3.63) is 12.7 Å². The molecule has 0 spiro atoms. The van der Waals surface area contributed by atoms with E-state index in [-0.39, 0.29) is 28.9 Å². The second-order valence-corrected chi connectivity index (χ2v) is 11.8. The molecule has 0 bridgehead atoms. The van der Waals surface area contributed by atoms with Gasteiger partial charge in [-0.2, -0.15) is 0 Å². The summed E-state index contributed by atoms with van der Waals surface area (Å²) in [5, 5.41) is 5.96. The van der Waals surface area contributed by atoms with Crippen molar-refractivity contribution >= 4 is 11.8 Å². The molecule has 6 heteroatoms. The summed E-state index contributed by atoms with van der Waals surface area (Å²) in [4.78, 5) is 24.6. The second kappa shape index (κ2) is 17.9. The first-order chi connectivity index (χ1) is 16.3. The molecule has 0 fully saturated rings. The molecule has 2 atom stereocenters. The fourth-order valence-corrected chi connectivity index (χ4v) is 3.63. The highest BCUT2D eigenvalue weighted by atomic mass is 16.5. The van der Waals surface area contributed by atoms with E-state index in [1.807, 2.05) is 13.0 Å². The van der Waals surface area contributed by atoms with Gasteiger partial charge in [-0.25, -0.2) is 0 Å². The zero-order valence-corrected chi connectivity index (χ0v) is 24.1. The highest BCUT2D eigenvalue weighted by molar-refractivity contribution is 5.80. The molecule has 2 amide bonds. The number of hydrogen-bond acceptors (Lipinski definition) is 4. The third kappa shape index (κ3) is 19.5. The number of hydrogen-bond donors (Lipinski definition) is 2. The summed E-state index contributed by atoms with van der Waals surface area (Å²) in [6.07, 6.45) is 8.62. The van der Waals surface area contributed by atoms with Crippen LogP contribution in [0.4, 0.5) is 0 Å². The lowest BCUT2D eigenvalue weighted by molar-refractivity contribution is -0.125. The third-order valence-electron chi connectivity index (χ3n) is 6.42. The number of nitrogens with one attached hydrogen (secondary N) is 2. The predicted molar refractivity (Wildman–Crippen MR) is 146 cm³/mol. The first-order valence-corrected chi connectivity index (χ1v) is 13.7. The van der Waals surface area contributed by atoms with Crippen LogP contribution in [0.25, 0.3) is 0 Å². The lowest BCUT2D eigenvalue weighted by Crippen LogP contribution is -2.36. The Bertz CT molecular complexity index is 601. The Labute approximate surface area is 216 Å². The zero-order valence-electron chi connectivity index (χ0n) is 24.1. The van der Waals surface area contributed by atoms with Crippen molar-refractivity contribution in [1.82, 2.24) is 10.6 Å².